The van der Waals surface area contributed by atoms with E-state index in [0.29, 0.717) is 18.3 Å². The van der Waals surface area contributed by atoms with Crippen LogP contribution >= 0.6 is 22.6 Å². The van der Waals surface area contributed by atoms with Gasteiger partial charge < -0.3 is 16.0 Å². The number of rotatable bonds is 4. The number of carbonyl (C=O) groups is 1. The summed E-state index contributed by atoms with van der Waals surface area (Å²) in [5.41, 5.74) is 13.7. The molecule has 1 fully saturated rings. The highest BCUT2D eigenvalue weighted by molar-refractivity contribution is 14.1. The highest BCUT2D eigenvalue weighted by Gasteiger charge is 2.21. The minimum Gasteiger partial charge on any atom is -0.383 e. The van der Waals surface area contributed by atoms with Gasteiger partial charge in [-0.25, -0.2) is 4.98 Å². The van der Waals surface area contributed by atoms with E-state index in [4.69, 9.17) is 5.73 Å². The summed E-state index contributed by atoms with van der Waals surface area (Å²) < 4.78 is 1.00. The molecule has 0 radical (unpaired) electrons. The van der Waals surface area contributed by atoms with Crippen LogP contribution in [0.2, 0.25) is 0 Å². The van der Waals surface area contributed by atoms with E-state index < -0.39 is 0 Å². The molecule has 0 aliphatic carbocycles. The van der Waals surface area contributed by atoms with Crippen LogP contribution in [0.4, 0.5) is 5.82 Å². The molecular weight excluding hydrogens is 523 g/mol. The van der Waals surface area contributed by atoms with Gasteiger partial charge in [0.05, 0.1) is 0 Å². The van der Waals surface area contributed by atoms with Gasteiger partial charge in [-0.3, -0.25) is 4.79 Å². The lowest BCUT2D eigenvalue weighted by Gasteiger charge is -2.31. The number of nitrogens with zero attached hydrogens (tertiary/aromatic N) is 2. The van der Waals surface area contributed by atoms with Gasteiger partial charge >= 0.3 is 0 Å². The van der Waals surface area contributed by atoms with Crippen LogP contribution < -0.4 is 11.1 Å². The molecule has 3 heterocycles. The number of halogens is 1. The Morgan fingerprint density at radius 3 is 2.55 bits per heavy atom. The van der Waals surface area contributed by atoms with Crippen LogP contribution in [0.3, 0.4) is 0 Å². The Balaban J connectivity index is 1.43. The third-order valence-electron chi connectivity index (χ3n) is 7.08. The molecule has 3 N–H and O–H groups in total. The van der Waals surface area contributed by atoms with Crippen molar-refractivity contribution < 1.29 is 4.79 Å². The number of hydrogen-bond acceptors (Lipinski definition) is 4. The molecule has 1 saturated heterocycles. The lowest BCUT2D eigenvalue weighted by atomic mass is 9.88. The van der Waals surface area contributed by atoms with Crippen molar-refractivity contribution in [2.24, 2.45) is 0 Å². The molecule has 1 aromatic heterocycles. The van der Waals surface area contributed by atoms with E-state index in [9.17, 15) is 4.79 Å². The molecule has 3 aromatic rings. The Morgan fingerprint density at radius 2 is 1.82 bits per heavy atom. The smallest absolute Gasteiger partial charge is 0.251 e. The normalized spacial score (nSPS) is 17.0. The number of amides is 1. The number of likely N-dealkylation sites (tertiary alicyclic amines) is 1. The van der Waals surface area contributed by atoms with Crippen molar-refractivity contribution in [1.82, 2.24) is 15.2 Å². The number of hydrogen-bond donors (Lipinski definition) is 2. The number of benzene rings is 2. The van der Waals surface area contributed by atoms with Crippen LogP contribution in [0.25, 0.3) is 22.3 Å². The van der Waals surface area contributed by atoms with Gasteiger partial charge in [-0.1, -0.05) is 31.2 Å². The van der Waals surface area contributed by atoms with Crippen LogP contribution in [0.1, 0.15) is 47.2 Å². The van der Waals surface area contributed by atoms with Crippen molar-refractivity contribution in [3.05, 3.63) is 68.9 Å². The number of fused-ring (bicyclic) bond motifs is 1. The monoisotopic (exact) mass is 552 g/mol. The van der Waals surface area contributed by atoms with E-state index in [0.717, 1.165) is 49.9 Å². The molecule has 5 nitrogen and oxygen atoms in total. The average molecular weight is 552 g/mol. The summed E-state index contributed by atoms with van der Waals surface area (Å²) in [6.07, 6.45) is 5.15. The SMILES string of the molecule is CCN1CCC(c2ccc(-c3cnc(N)c(-c4cc5c(cc4I)C(=O)NCC5)c3)cc2)CC1. The summed E-state index contributed by atoms with van der Waals surface area (Å²) in [6.45, 7) is 6.44. The second-order valence-electron chi connectivity index (χ2n) is 8.98. The molecule has 2 aliphatic rings. The molecule has 2 aliphatic heterocycles. The minimum absolute atomic E-state index is 0.000946. The molecule has 0 saturated carbocycles. The number of piperidine rings is 1. The van der Waals surface area contributed by atoms with Crippen molar-refractivity contribution in [3.8, 4) is 22.3 Å². The third-order valence-corrected chi connectivity index (χ3v) is 7.97. The van der Waals surface area contributed by atoms with Crippen molar-refractivity contribution in [3.63, 3.8) is 0 Å². The van der Waals surface area contributed by atoms with Gasteiger partial charge in [0.1, 0.15) is 5.82 Å². The van der Waals surface area contributed by atoms with Gasteiger partial charge in [-0.05, 0) is 108 Å². The summed E-state index contributed by atoms with van der Waals surface area (Å²) in [6, 6.07) is 15.2. The number of nitrogens with two attached hydrogens (primary N) is 1. The first kappa shape index (κ1) is 22.3. The van der Waals surface area contributed by atoms with E-state index >= 15 is 0 Å². The highest BCUT2D eigenvalue weighted by atomic mass is 127. The zero-order chi connectivity index (χ0) is 22.9. The summed E-state index contributed by atoms with van der Waals surface area (Å²) >= 11 is 2.29. The summed E-state index contributed by atoms with van der Waals surface area (Å²) in [4.78, 5) is 19.3. The summed E-state index contributed by atoms with van der Waals surface area (Å²) in [5, 5.41) is 2.92. The van der Waals surface area contributed by atoms with Gasteiger partial charge in [0.25, 0.3) is 5.91 Å². The Bertz CT molecular complexity index is 1180. The average Bonchev–Trinajstić information content (AvgIpc) is 2.85. The zero-order valence-electron chi connectivity index (χ0n) is 18.9. The molecule has 0 bridgehead atoms. The fourth-order valence-electron chi connectivity index (χ4n) is 5.03. The Labute approximate surface area is 208 Å². The molecule has 33 heavy (non-hydrogen) atoms. The first-order valence-corrected chi connectivity index (χ1v) is 12.8. The quantitative estimate of drug-likeness (QED) is 0.443. The van der Waals surface area contributed by atoms with Crippen molar-refractivity contribution in [2.75, 3.05) is 31.9 Å². The number of carbonyl (C=O) groups excluding carboxylic acids is 1. The number of pyridine rings is 1. The van der Waals surface area contributed by atoms with Crippen LogP contribution in [-0.4, -0.2) is 42.0 Å². The predicted molar refractivity (Wildman–Crippen MR) is 142 cm³/mol. The lowest BCUT2D eigenvalue weighted by Crippen LogP contribution is -2.32. The molecular formula is C27H29IN4O. The number of anilines is 1. The maximum Gasteiger partial charge on any atom is 0.251 e. The maximum atomic E-state index is 12.2. The number of aromatic nitrogens is 1. The van der Waals surface area contributed by atoms with Crippen molar-refractivity contribution >= 4 is 34.3 Å². The van der Waals surface area contributed by atoms with E-state index in [1.54, 1.807) is 0 Å². The van der Waals surface area contributed by atoms with Gasteiger partial charge in [-0.15, -0.1) is 0 Å². The topological polar surface area (TPSA) is 71.2 Å². The molecule has 0 unspecified atom stereocenters. The number of nitrogen functional groups attached to an aromatic ring is 1. The fourth-order valence-corrected chi connectivity index (χ4v) is 5.79. The summed E-state index contributed by atoms with van der Waals surface area (Å²) in [7, 11) is 0. The van der Waals surface area contributed by atoms with Gasteiger partial charge in [0.15, 0.2) is 0 Å². The Morgan fingerprint density at radius 1 is 1.06 bits per heavy atom. The van der Waals surface area contributed by atoms with E-state index in [1.165, 1.54) is 31.5 Å². The molecule has 5 rings (SSSR count). The van der Waals surface area contributed by atoms with Crippen LogP contribution in [0, 0.1) is 3.57 Å². The minimum atomic E-state index is 0.000946. The highest BCUT2D eigenvalue weighted by Crippen LogP contribution is 2.36. The second kappa shape index (κ2) is 9.43. The van der Waals surface area contributed by atoms with Crippen LogP contribution in [0.15, 0.2) is 48.7 Å². The first-order valence-electron chi connectivity index (χ1n) is 11.7. The molecule has 0 spiro atoms. The maximum absolute atomic E-state index is 12.2. The second-order valence-corrected chi connectivity index (χ2v) is 10.1. The van der Waals surface area contributed by atoms with E-state index in [1.807, 2.05) is 12.3 Å². The number of nitrogens with one attached hydrogen (secondary N) is 1. The van der Waals surface area contributed by atoms with E-state index in [2.05, 4.69) is 81.1 Å². The predicted octanol–water partition coefficient (Wildman–Crippen LogP) is 5.09. The van der Waals surface area contributed by atoms with Gasteiger partial charge in [0.2, 0.25) is 0 Å². The fraction of sp³-hybridized carbons (Fsp3) is 0.333. The molecule has 1 amide bonds. The lowest BCUT2D eigenvalue weighted by molar-refractivity contribution is 0.0946. The molecule has 2 aromatic carbocycles. The Hall–Kier alpha value is -2.45. The van der Waals surface area contributed by atoms with Crippen molar-refractivity contribution in [2.45, 2.75) is 32.1 Å². The first-order chi connectivity index (χ1) is 16.0. The standard InChI is InChI=1S/C27H29IN4O/c1-2-32-11-8-19(9-12-32)17-3-5-18(6-4-17)21-14-24(26(29)31-16-21)23-13-20-7-10-30-27(33)22(20)15-25(23)28/h3-6,13-16,19H,2,7-12H2,1H3,(H2,29,31)(H,30,33). The Kier molecular flexibility index (Phi) is 6.38. The summed E-state index contributed by atoms with van der Waals surface area (Å²) in [5.74, 6) is 1.16. The van der Waals surface area contributed by atoms with Crippen LogP contribution in [-0.2, 0) is 6.42 Å². The van der Waals surface area contributed by atoms with E-state index in [-0.39, 0.29) is 5.91 Å². The van der Waals surface area contributed by atoms with Gasteiger partial charge in [0, 0.05) is 33.0 Å². The van der Waals surface area contributed by atoms with Gasteiger partial charge in [-0.2, -0.15) is 0 Å². The largest absolute Gasteiger partial charge is 0.383 e. The third kappa shape index (κ3) is 4.51. The van der Waals surface area contributed by atoms with Crippen LogP contribution in [0.5, 0.6) is 0 Å². The van der Waals surface area contributed by atoms with Crippen molar-refractivity contribution in [1.29, 1.82) is 0 Å². The molecule has 6 heteroatoms. The molecule has 170 valence electrons. The molecule has 0 atom stereocenters. The zero-order valence-corrected chi connectivity index (χ0v) is 21.1.